The monoisotopic (exact) mass is 1140 g/mol. The third-order valence-corrected chi connectivity index (χ3v) is 13.9. The van der Waals surface area contributed by atoms with E-state index in [4.69, 9.17) is 45.1 Å². The highest BCUT2D eigenvalue weighted by molar-refractivity contribution is 6.29. The van der Waals surface area contributed by atoms with Crippen molar-refractivity contribution in [2.75, 3.05) is 110 Å². The summed E-state index contributed by atoms with van der Waals surface area (Å²) in [6, 6.07) is 13.8. The number of aromatic nitrogens is 8. The molecule has 9 rings (SSSR count). The van der Waals surface area contributed by atoms with Gasteiger partial charge in [0, 0.05) is 115 Å². The van der Waals surface area contributed by atoms with Gasteiger partial charge in [0.05, 0.1) is 53.0 Å². The molecule has 3 fully saturated rings. The average molecular weight is 1140 g/mol. The molecule has 3 atom stereocenters. The van der Waals surface area contributed by atoms with Crippen molar-refractivity contribution in [3.8, 4) is 34.8 Å². The predicted molar refractivity (Wildman–Crippen MR) is 293 cm³/mol. The van der Waals surface area contributed by atoms with Gasteiger partial charge in [0.15, 0.2) is 11.5 Å². The summed E-state index contributed by atoms with van der Waals surface area (Å²) in [5, 5.41) is 15.0. The van der Waals surface area contributed by atoms with E-state index in [9.17, 15) is 24.0 Å². The molecule has 0 aliphatic carbocycles. The van der Waals surface area contributed by atoms with Gasteiger partial charge in [0.1, 0.15) is 66.3 Å². The largest absolute Gasteiger partial charge is 0.497 e. The summed E-state index contributed by atoms with van der Waals surface area (Å²) in [6.07, 6.45) is 13.1. The summed E-state index contributed by atoms with van der Waals surface area (Å²) in [4.78, 5) is 96.3. The summed E-state index contributed by atoms with van der Waals surface area (Å²) < 4.78 is 35.2. The van der Waals surface area contributed by atoms with Gasteiger partial charge < -0.3 is 63.8 Å². The molecule has 4 amide bonds. The number of imidazole rings is 2. The van der Waals surface area contributed by atoms with Crippen LogP contribution in [0.2, 0.25) is 5.15 Å². The van der Waals surface area contributed by atoms with Crippen LogP contribution >= 0.6 is 11.6 Å². The van der Waals surface area contributed by atoms with E-state index in [1.165, 1.54) is 6.33 Å². The van der Waals surface area contributed by atoms with Crippen LogP contribution in [0.4, 0.5) is 11.6 Å². The summed E-state index contributed by atoms with van der Waals surface area (Å²) in [5.41, 5.74) is 1.83. The molecule has 3 aliphatic rings. The number of hydrogen-bond donors (Lipinski definition) is 3. The van der Waals surface area contributed by atoms with Gasteiger partial charge in [-0.2, -0.15) is 4.98 Å². The van der Waals surface area contributed by atoms with Crippen LogP contribution in [0.3, 0.4) is 0 Å². The minimum atomic E-state index is -1.16. The number of hydrogen-bond acceptors (Lipinski definition) is 19. The lowest BCUT2D eigenvalue weighted by atomic mass is 10.0. The highest BCUT2D eigenvalue weighted by Crippen LogP contribution is 2.29. The van der Waals surface area contributed by atoms with Crippen LogP contribution in [-0.2, 0) is 46.4 Å². The molecule has 3 N–H and O–H groups in total. The van der Waals surface area contributed by atoms with Crippen molar-refractivity contribution in [3.05, 3.63) is 109 Å². The Labute approximate surface area is 472 Å². The molecule has 0 spiro atoms. The molecule has 3 aliphatic heterocycles. The highest BCUT2D eigenvalue weighted by Gasteiger charge is 2.36. The number of carbonyl (C=O) groups is 5. The van der Waals surface area contributed by atoms with Gasteiger partial charge in [0.2, 0.25) is 29.6 Å². The molecular weight excluding hydrogens is 1070 g/mol. The Balaban J connectivity index is 0.000000213. The first-order chi connectivity index (χ1) is 39.3. The molecular formula is C54H65ClN14O12. The number of carboxylic acid groups (broad SMARTS) is 1. The molecule has 4 aromatic heterocycles. The lowest BCUT2D eigenvalue weighted by Gasteiger charge is -2.42. The number of carbonyl (C=O) groups excluding carboxylic acids is 4. The number of nitrogens with zero attached hydrogens (tertiary/aromatic N) is 12. The van der Waals surface area contributed by atoms with Crippen LogP contribution in [-0.4, -0.2) is 196 Å². The van der Waals surface area contributed by atoms with Gasteiger partial charge in [-0.1, -0.05) is 17.7 Å². The van der Waals surface area contributed by atoms with Gasteiger partial charge >= 0.3 is 5.97 Å². The zero-order valence-corrected chi connectivity index (χ0v) is 46.1. The van der Waals surface area contributed by atoms with Crippen LogP contribution in [0.15, 0.2) is 92.3 Å². The summed E-state index contributed by atoms with van der Waals surface area (Å²) in [5.74, 6) is 2.80. The van der Waals surface area contributed by atoms with E-state index in [1.807, 2.05) is 52.4 Å². The Kier molecular flexibility index (Phi) is 20.6. The van der Waals surface area contributed by atoms with Gasteiger partial charge in [-0.3, -0.25) is 28.3 Å². The number of carboxylic acids is 1. The number of nitrogens with one attached hydrogen (secondary N) is 2. The Bertz CT molecular complexity index is 3050. The summed E-state index contributed by atoms with van der Waals surface area (Å²) >= 11 is 6.33. The lowest BCUT2D eigenvalue weighted by molar-refractivity contribution is -0.146. The van der Waals surface area contributed by atoms with Crippen LogP contribution in [0.5, 0.6) is 23.0 Å². The maximum absolute atomic E-state index is 13.2. The van der Waals surface area contributed by atoms with E-state index >= 15 is 0 Å². The number of methoxy groups -OCH3 is 4. The van der Waals surface area contributed by atoms with Crippen molar-refractivity contribution in [1.29, 1.82) is 0 Å². The lowest BCUT2D eigenvalue weighted by Crippen LogP contribution is -2.57. The van der Waals surface area contributed by atoms with Crippen molar-refractivity contribution in [1.82, 2.24) is 59.5 Å². The van der Waals surface area contributed by atoms with E-state index in [1.54, 1.807) is 85.9 Å². The number of aliphatic carboxylic acids is 1. The van der Waals surface area contributed by atoms with Crippen LogP contribution in [0.1, 0.15) is 30.4 Å². The fraction of sp³-hybridized carbons (Fsp3) is 0.426. The van der Waals surface area contributed by atoms with Crippen molar-refractivity contribution in [2.24, 2.45) is 5.92 Å². The zero-order chi connectivity index (χ0) is 57.3. The van der Waals surface area contributed by atoms with E-state index < -0.39 is 18.6 Å². The number of halogens is 1. The van der Waals surface area contributed by atoms with Gasteiger partial charge in [-0.05, 0) is 48.2 Å². The summed E-state index contributed by atoms with van der Waals surface area (Å²) in [7, 11) is 6.31. The normalized spacial score (nSPS) is 16.9. The topological polar surface area (TPSA) is 285 Å². The summed E-state index contributed by atoms with van der Waals surface area (Å²) in [6.45, 7) is 3.18. The van der Waals surface area contributed by atoms with Gasteiger partial charge in [-0.25, -0.2) is 29.7 Å². The first kappa shape index (κ1) is 58.5. The second-order valence-electron chi connectivity index (χ2n) is 19.0. The number of anilines is 2. The minimum absolute atomic E-state index is 0.0632. The van der Waals surface area contributed by atoms with Crippen molar-refractivity contribution < 1.29 is 57.5 Å². The average Bonchev–Trinajstić information content (AvgIpc) is 4.40. The number of rotatable bonds is 22. The molecule has 0 radical (unpaired) electrons. The molecule has 6 aromatic rings. The van der Waals surface area contributed by atoms with Crippen LogP contribution < -0.4 is 39.4 Å². The number of benzene rings is 2. The SMILES string of the molecule is COc1cc(CNC(=O)CC2CN(C(=O)C3CCOC3)CCN2c2cc(-n3ccnc3)ncn2)cc(OC)c1.COc1ccc(CCNC(=O)CC2CN(C(=O)COCC(=O)O)CCN2c2cc(Cl)nc(-n3ccnc3)n2)cc1OC. The standard InChI is InChI=1S/C27H32ClN7O7.C27H33N7O5/c1-40-20-4-3-18(11-21(20)41-2)5-6-30-24(36)12-19-14-33(25(37)15-42-16-26(38)39)9-10-35(19)23-13-22(28)31-27(32-23)34-8-7-29-17-34;1-37-22-9-19(10-23(12-22)38-2)14-29-26(35)11-21-15-32(27(36)20-3-8-39-16-20)6-7-34(21)25-13-24(30-17-31-25)33-5-4-28-18-33/h3-4,7-8,11,13,17,19H,5-6,9-10,12,14-16H2,1-2H3,(H,30,36)(H,38,39);4-5,9-10,12-13,17-18,20-21H,3,6-8,11,14-16H2,1-2H3,(H,29,35). The molecule has 7 heterocycles. The molecule has 26 nitrogen and oxygen atoms in total. The Morgan fingerprint density at radius 1 is 0.704 bits per heavy atom. The fourth-order valence-corrected chi connectivity index (χ4v) is 9.76. The predicted octanol–water partition coefficient (Wildman–Crippen LogP) is 2.64. The first-order valence-corrected chi connectivity index (χ1v) is 26.5. The van der Waals surface area contributed by atoms with Gasteiger partial charge in [-0.15, -0.1) is 0 Å². The third-order valence-electron chi connectivity index (χ3n) is 13.7. The van der Waals surface area contributed by atoms with Crippen molar-refractivity contribution in [2.45, 2.75) is 44.3 Å². The van der Waals surface area contributed by atoms with Crippen molar-refractivity contribution in [3.63, 3.8) is 0 Å². The zero-order valence-electron chi connectivity index (χ0n) is 45.4. The third kappa shape index (κ3) is 16.0. The number of ether oxygens (including phenoxy) is 6. The van der Waals surface area contributed by atoms with E-state index in [0.717, 1.165) is 17.5 Å². The number of piperazine rings is 2. The molecule has 430 valence electrons. The maximum atomic E-state index is 13.2. The van der Waals surface area contributed by atoms with E-state index in [2.05, 4.69) is 45.4 Å². The minimum Gasteiger partial charge on any atom is -0.497 e. The molecule has 0 bridgehead atoms. The van der Waals surface area contributed by atoms with Gasteiger partial charge in [0.25, 0.3) is 0 Å². The number of amides is 4. The Hall–Kier alpha value is -8.62. The maximum Gasteiger partial charge on any atom is 0.329 e. The first-order valence-electron chi connectivity index (χ1n) is 26.1. The molecule has 0 saturated carbocycles. The molecule has 3 unspecified atom stereocenters. The fourth-order valence-electron chi connectivity index (χ4n) is 9.58. The highest BCUT2D eigenvalue weighted by atomic mass is 35.5. The smallest absolute Gasteiger partial charge is 0.329 e. The second kappa shape index (κ2) is 28.5. The van der Waals surface area contributed by atoms with E-state index in [0.29, 0.717) is 112 Å². The molecule has 3 saturated heterocycles. The molecule has 81 heavy (non-hydrogen) atoms. The quantitative estimate of drug-likeness (QED) is 0.0824. The molecule has 27 heteroatoms. The Morgan fingerprint density at radius 3 is 2.02 bits per heavy atom. The van der Waals surface area contributed by atoms with Crippen LogP contribution in [0.25, 0.3) is 11.8 Å². The van der Waals surface area contributed by atoms with Crippen LogP contribution in [0, 0.1) is 5.92 Å². The second-order valence-corrected chi connectivity index (χ2v) is 19.4. The molecule has 2 aromatic carbocycles. The van der Waals surface area contributed by atoms with E-state index in [-0.39, 0.29) is 66.7 Å². The Morgan fingerprint density at radius 2 is 1.37 bits per heavy atom. The van der Waals surface area contributed by atoms with Crippen molar-refractivity contribution >= 4 is 52.8 Å².